The second-order valence-electron chi connectivity index (χ2n) is 3.66. The molecule has 0 saturated heterocycles. The summed E-state index contributed by atoms with van der Waals surface area (Å²) in [6.07, 6.45) is 0.810. The summed E-state index contributed by atoms with van der Waals surface area (Å²) < 4.78 is 4.97. The average molecular weight is 239 g/mol. The van der Waals surface area contributed by atoms with Gasteiger partial charge in [0.25, 0.3) is 0 Å². The minimum atomic E-state index is -0.460. The van der Waals surface area contributed by atoms with Crippen LogP contribution < -0.4 is 15.8 Å². The summed E-state index contributed by atoms with van der Waals surface area (Å²) in [5.41, 5.74) is 6.13. The van der Waals surface area contributed by atoms with Crippen LogP contribution in [0.25, 0.3) is 0 Å². The summed E-state index contributed by atoms with van der Waals surface area (Å²) in [5, 5.41) is 13.9. The van der Waals surface area contributed by atoms with Crippen LogP contribution in [0.2, 0.25) is 0 Å². The maximum atomic E-state index is 11.0. The van der Waals surface area contributed by atoms with Crippen LogP contribution in [0.1, 0.15) is 13.3 Å². The first-order chi connectivity index (χ1) is 8.10. The van der Waals surface area contributed by atoms with E-state index >= 15 is 0 Å². The highest BCUT2D eigenvalue weighted by molar-refractivity contribution is 5.68. The Labute approximate surface area is 99.9 Å². The first-order valence-corrected chi connectivity index (χ1v) is 5.41. The molecular weight excluding hydrogens is 222 g/mol. The van der Waals surface area contributed by atoms with Crippen molar-refractivity contribution >= 4 is 11.4 Å². The number of nitrogens with zero attached hydrogens (tertiary/aromatic N) is 1. The van der Waals surface area contributed by atoms with Crippen LogP contribution in [-0.4, -0.2) is 24.6 Å². The third-order valence-electron chi connectivity index (χ3n) is 2.48. The monoisotopic (exact) mass is 239 g/mol. The molecule has 1 aromatic rings. The molecule has 6 nitrogen and oxygen atoms in total. The number of anilines is 1. The predicted octanol–water partition coefficient (Wildman–Crippen LogP) is 1.75. The van der Waals surface area contributed by atoms with Crippen molar-refractivity contribution in [1.82, 2.24) is 0 Å². The molecule has 1 unspecified atom stereocenters. The van der Waals surface area contributed by atoms with Gasteiger partial charge >= 0.3 is 5.69 Å². The number of para-hydroxylation sites is 1. The Morgan fingerprint density at radius 2 is 2.29 bits per heavy atom. The normalized spacial score (nSPS) is 11.9. The minimum Gasteiger partial charge on any atom is -0.490 e. The van der Waals surface area contributed by atoms with E-state index in [4.69, 9.17) is 10.5 Å². The van der Waals surface area contributed by atoms with Gasteiger partial charge in [-0.25, -0.2) is 0 Å². The molecule has 1 aromatic carbocycles. The number of ether oxygens (including phenoxy) is 1. The van der Waals surface area contributed by atoms with Crippen molar-refractivity contribution in [3.8, 4) is 5.75 Å². The molecule has 1 atom stereocenters. The Morgan fingerprint density at radius 3 is 2.82 bits per heavy atom. The zero-order chi connectivity index (χ0) is 12.8. The lowest BCUT2D eigenvalue weighted by molar-refractivity contribution is -0.384. The number of nitro benzene ring substituents is 1. The molecule has 0 radical (unpaired) electrons. The van der Waals surface area contributed by atoms with E-state index in [1.165, 1.54) is 7.11 Å². The Kier molecular flexibility index (Phi) is 4.71. The highest BCUT2D eigenvalue weighted by Crippen LogP contribution is 2.34. The summed E-state index contributed by atoms with van der Waals surface area (Å²) in [7, 11) is 1.41. The fourth-order valence-corrected chi connectivity index (χ4v) is 1.40. The van der Waals surface area contributed by atoms with E-state index in [1.807, 2.05) is 6.92 Å². The Balaban J connectivity index is 2.94. The zero-order valence-electron chi connectivity index (χ0n) is 9.97. The van der Waals surface area contributed by atoms with Crippen LogP contribution in [0.4, 0.5) is 11.4 Å². The van der Waals surface area contributed by atoms with Crippen molar-refractivity contribution in [2.24, 2.45) is 5.73 Å². The third kappa shape index (κ3) is 3.32. The molecule has 0 aliphatic rings. The minimum absolute atomic E-state index is 0.0270. The molecule has 0 spiro atoms. The maximum absolute atomic E-state index is 11.0. The number of nitrogens with one attached hydrogen (secondary N) is 1. The van der Waals surface area contributed by atoms with Crippen LogP contribution in [0.3, 0.4) is 0 Å². The van der Waals surface area contributed by atoms with Crippen molar-refractivity contribution in [2.45, 2.75) is 19.4 Å². The van der Waals surface area contributed by atoms with Gasteiger partial charge in [0.05, 0.1) is 12.0 Å². The number of hydrogen-bond acceptors (Lipinski definition) is 5. The number of hydrogen-bond donors (Lipinski definition) is 2. The molecule has 0 amide bonds. The van der Waals surface area contributed by atoms with Gasteiger partial charge in [-0.15, -0.1) is 0 Å². The van der Waals surface area contributed by atoms with Gasteiger partial charge in [-0.1, -0.05) is 13.0 Å². The molecular formula is C11H17N3O3. The molecule has 0 fully saturated rings. The SMILES string of the molecule is CCC(N)CNc1cccc(OC)c1[N+](=O)[O-]. The van der Waals surface area contributed by atoms with Crippen LogP contribution >= 0.6 is 0 Å². The maximum Gasteiger partial charge on any atom is 0.333 e. The zero-order valence-corrected chi connectivity index (χ0v) is 9.97. The highest BCUT2D eigenvalue weighted by atomic mass is 16.6. The second kappa shape index (κ2) is 6.05. The van der Waals surface area contributed by atoms with Gasteiger partial charge in [-0.05, 0) is 18.6 Å². The molecule has 94 valence electrons. The van der Waals surface area contributed by atoms with Gasteiger partial charge in [0, 0.05) is 12.6 Å². The van der Waals surface area contributed by atoms with E-state index in [2.05, 4.69) is 5.32 Å². The smallest absolute Gasteiger partial charge is 0.333 e. The van der Waals surface area contributed by atoms with Crippen molar-refractivity contribution in [3.05, 3.63) is 28.3 Å². The number of nitro groups is 1. The fraction of sp³-hybridized carbons (Fsp3) is 0.455. The van der Waals surface area contributed by atoms with E-state index in [0.29, 0.717) is 12.2 Å². The van der Waals surface area contributed by atoms with Crippen molar-refractivity contribution in [2.75, 3.05) is 19.0 Å². The predicted molar refractivity (Wildman–Crippen MR) is 66.4 cm³/mol. The molecule has 6 heteroatoms. The van der Waals surface area contributed by atoms with Gasteiger partial charge in [-0.3, -0.25) is 10.1 Å². The number of rotatable bonds is 6. The van der Waals surface area contributed by atoms with Gasteiger partial charge in [0.15, 0.2) is 5.75 Å². The summed E-state index contributed by atoms with van der Waals surface area (Å²) in [6, 6.07) is 4.87. The second-order valence-corrected chi connectivity index (χ2v) is 3.66. The molecule has 0 bridgehead atoms. The molecule has 0 aliphatic carbocycles. The lowest BCUT2D eigenvalue weighted by atomic mass is 10.2. The molecule has 0 saturated carbocycles. The first-order valence-electron chi connectivity index (χ1n) is 5.41. The van der Waals surface area contributed by atoms with E-state index in [1.54, 1.807) is 18.2 Å². The van der Waals surface area contributed by atoms with E-state index in [9.17, 15) is 10.1 Å². The van der Waals surface area contributed by atoms with E-state index in [0.717, 1.165) is 6.42 Å². The van der Waals surface area contributed by atoms with Crippen LogP contribution in [0, 0.1) is 10.1 Å². The first kappa shape index (κ1) is 13.2. The Morgan fingerprint density at radius 1 is 1.59 bits per heavy atom. The van der Waals surface area contributed by atoms with Gasteiger partial charge in [-0.2, -0.15) is 0 Å². The largest absolute Gasteiger partial charge is 0.490 e. The number of methoxy groups -OCH3 is 1. The Hall–Kier alpha value is -1.82. The topological polar surface area (TPSA) is 90.4 Å². The van der Waals surface area contributed by atoms with Crippen LogP contribution in [0.15, 0.2) is 18.2 Å². The van der Waals surface area contributed by atoms with Gasteiger partial charge in [0.2, 0.25) is 0 Å². The van der Waals surface area contributed by atoms with Gasteiger partial charge in [0.1, 0.15) is 5.69 Å². The lowest BCUT2D eigenvalue weighted by Crippen LogP contribution is -2.28. The standard InChI is InChI=1S/C11H17N3O3/c1-3-8(12)7-13-9-5-4-6-10(17-2)11(9)14(15)16/h4-6,8,13H,3,7,12H2,1-2H3. The summed E-state index contributed by atoms with van der Waals surface area (Å²) in [4.78, 5) is 10.5. The highest BCUT2D eigenvalue weighted by Gasteiger charge is 2.20. The van der Waals surface area contributed by atoms with Crippen molar-refractivity contribution < 1.29 is 9.66 Å². The molecule has 0 aliphatic heterocycles. The number of benzene rings is 1. The number of nitrogens with two attached hydrogens (primary N) is 1. The van der Waals surface area contributed by atoms with E-state index in [-0.39, 0.29) is 17.5 Å². The third-order valence-corrected chi connectivity index (χ3v) is 2.48. The van der Waals surface area contributed by atoms with Crippen molar-refractivity contribution in [3.63, 3.8) is 0 Å². The van der Waals surface area contributed by atoms with Gasteiger partial charge < -0.3 is 15.8 Å². The molecule has 0 aromatic heterocycles. The van der Waals surface area contributed by atoms with Crippen LogP contribution in [0.5, 0.6) is 5.75 Å². The quantitative estimate of drug-likeness (QED) is 0.583. The molecule has 0 heterocycles. The molecule has 1 rings (SSSR count). The summed E-state index contributed by atoms with van der Waals surface area (Å²) in [6.45, 7) is 2.46. The summed E-state index contributed by atoms with van der Waals surface area (Å²) in [5.74, 6) is 0.241. The fourth-order valence-electron chi connectivity index (χ4n) is 1.40. The summed E-state index contributed by atoms with van der Waals surface area (Å²) >= 11 is 0. The lowest BCUT2D eigenvalue weighted by Gasteiger charge is -2.12. The molecule has 3 N–H and O–H groups in total. The molecule has 17 heavy (non-hydrogen) atoms. The van der Waals surface area contributed by atoms with Crippen LogP contribution in [-0.2, 0) is 0 Å². The van der Waals surface area contributed by atoms with Crippen molar-refractivity contribution in [1.29, 1.82) is 0 Å². The Bertz CT molecular complexity index is 396. The average Bonchev–Trinajstić information content (AvgIpc) is 2.34. The van der Waals surface area contributed by atoms with E-state index < -0.39 is 4.92 Å².